The third kappa shape index (κ3) is 6.27. The van der Waals surface area contributed by atoms with Crippen molar-refractivity contribution >= 4 is 17.4 Å². The van der Waals surface area contributed by atoms with Gasteiger partial charge in [-0.15, -0.1) is 0 Å². The predicted octanol–water partition coefficient (Wildman–Crippen LogP) is 6.33. The van der Waals surface area contributed by atoms with Crippen molar-refractivity contribution in [2.75, 3.05) is 23.9 Å². The van der Waals surface area contributed by atoms with Gasteiger partial charge in [0.05, 0.1) is 7.11 Å². The summed E-state index contributed by atoms with van der Waals surface area (Å²) < 4.78 is 16.2. The molecule has 0 radical (unpaired) electrons. The first kappa shape index (κ1) is 25.1. The van der Waals surface area contributed by atoms with E-state index in [0.29, 0.717) is 35.8 Å². The Balaban J connectivity index is 1.13. The second kappa shape index (κ2) is 11.3. The zero-order chi connectivity index (χ0) is 26.6. The monoisotopic (exact) mass is 528 g/mol. The molecular formula is C29H32N6O4. The van der Waals surface area contributed by atoms with E-state index in [-0.39, 0.29) is 6.03 Å². The molecule has 0 atom stereocenters. The van der Waals surface area contributed by atoms with Gasteiger partial charge >= 0.3 is 6.03 Å². The lowest BCUT2D eigenvalue weighted by atomic mass is 10.1. The van der Waals surface area contributed by atoms with Crippen LogP contribution in [-0.2, 0) is 6.42 Å². The molecule has 10 heteroatoms. The number of carbonyl (C=O) groups is 1. The SMILES string of the molecule is COc1ccc(NC(=O)N(CCCCCc2nc(C3CC3)no2)c2cccc(-c3nc(C4CC4)no3)c2)cc1. The molecule has 2 heterocycles. The second-order valence-corrected chi connectivity index (χ2v) is 10.2. The standard InChI is InChI=1S/C29H32N6O4/c1-37-24-15-13-22(14-16-24)30-29(36)35(17-4-2-3-8-25-31-26(33-38-25)19-9-10-19)23-7-5-6-21(18-23)28-32-27(34-39-28)20-11-12-20/h5-7,13-16,18-20H,2-4,8-12,17H2,1H3,(H,30,36). The fourth-order valence-corrected chi connectivity index (χ4v) is 4.48. The Bertz CT molecular complexity index is 1410. The van der Waals surface area contributed by atoms with E-state index < -0.39 is 0 Å². The molecule has 10 nitrogen and oxygen atoms in total. The molecule has 2 fully saturated rings. The van der Waals surface area contributed by atoms with Gasteiger partial charge in [0.2, 0.25) is 5.89 Å². The van der Waals surface area contributed by atoms with Crippen molar-refractivity contribution in [2.24, 2.45) is 0 Å². The highest BCUT2D eigenvalue weighted by atomic mass is 16.5. The summed E-state index contributed by atoms with van der Waals surface area (Å²) in [5, 5.41) is 11.2. The Hall–Kier alpha value is -4.21. The summed E-state index contributed by atoms with van der Waals surface area (Å²) in [5.41, 5.74) is 2.24. The Morgan fingerprint density at radius 1 is 0.949 bits per heavy atom. The largest absolute Gasteiger partial charge is 0.497 e. The number of hydrogen-bond donors (Lipinski definition) is 1. The third-order valence-electron chi connectivity index (χ3n) is 7.07. The van der Waals surface area contributed by atoms with Crippen molar-refractivity contribution in [3.63, 3.8) is 0 Å². The molecule has 2 saturated carbocycles. The average Bonchev–Trinajstić information content (AvgIpc) is 3.90. The van der Waals surface area contributed by atoms with E-state index in [1.807, 2.05) is 48.5 Å². The normalized spacial score (nSPS) is 14.8. The maximum Gasteiger partial charge on any atom is 0.326 e. The molecule has 2 aromatic heterocycles. The van der Waals surface area contributed by atoms with Gasteiger partial charge in [-0.25, -0.2) is 4.79 Å². The number of aromatic nitrogens is 4. The van der Waals surface area contributed by atoms with Crippen LogP contribution in [0.3, 0.4) is 0 Å². The number of aryl methyl sites for hydroxylation is 1. The molecule has 0 bridgehead atoms. The van der Waals surface area contributed by atoms with E-state index in [9.17, 15) is 4.79 Å². The number of nitrogens with zero attached hydrogens (tertiary/aromatic N) is 5. The van der Waals surface area contributed by atoms with Crippen LogP contribution in [0, 0.1) is 0 Å². The van der Waals surface area contributed by atoms with Gasteiger partial charge in [0.1, 0.15) is 5.75 Å². The number of methoxy groups -OCH3 is 1. The Morgan fingerprint density at radius 3 is 2.44 bits per heavy atom. The van der Waals surface area contributed by atoms with Gasteiger partial charge < -0.3 is 19.1 Å². The molecule has 2 aliphatic carbocycles. The van der Waals surface area contributed by atoms with Crippen LogP contribution >= 0.6 is 0 Å². The minimum Gasteiger partial charge on any atom is -0.497 e. The maximum atomic E-state index is 13.5. The van der Waals surface area contributed by atoms with Crippen molar-refractivity contribution in [2.45, 2.75) is 63.2 Å². The fourth-order valence-electron chi connectivity index (χ4n) is 4.48. The molecule has 2 aromatic carbocycles. The first-order valence-electron chi connectivity index (χ1n) is 13.7. The Labute approximate surface area is 226 Å². The highest BCUT2D eigenvalue weighted by Crippen LogP contribution is 2.39. The van der Waals surface area contributed by atoms with E-state index in [1.165, 1.54) is 0 Å². The molecule has 4 aromatic rings. The van der Waals surface area contributed by atoms with Crippen molar-refractivity contribution in [1.82, 2.24) is 20.3 Å². The van der Waals surface area contributed by atoms with Gasteiger partial charge in [-0.3, -0.25) is 4.90 Å². The number of hydrogen-bond acceptors (Lipinski definition) is 8. The van der Waals surface area contributed by atoms with Crippen LogP contribution in [0.5, 0.6) is 5.75 Å². The van der Waals surface area contributed by atoms with Crippen LogP contribution in [0.25, 0.3) is 11.5 Å². The predicted molar refractivity (Wildman–Crippen MR) is 145 cm³/mol. The minimum atomic E-state index is -0.215. The van der Waals surface area contributed by atoms with Gasteiger partial charge in [-0.05, 0) is 81.0 Å². The molecule has 0 unspecified atom stereocenters. The van der Waals surface area contributed by atoms with Gasteiger partial charge in [0.15, 0.2) is 11.6 Å². The highest BCUT2D eigenvalue weighted by molar-refractivity contribution is 6.02. The summed E-state index contributed by atoms with van der Waals surface area (Å²) in [6, 6.07) is 14.8. The molecule has 2 aliphatic rings. The van der Waals surface area contributed by atoms with E-state index in [0.717, 1.165) is 80.0 Å². The molecule has 0 spiro atoms. The lowest BCUT2D eigenvalue weighted by Gasteiger charge is -2.24. The quantitative estimate of drug-likeness (QED) is 0.212. The summed E-state index contributed by atoms with van der Waals surface area (Å²) in [6.45, 7) is 0.541. The zero-order valence-electron chi connectivity index (χ0n) is 22.0. The van der Waals surface area contributed by atoms with Crippen LogP contribution in [0.2, 0.25) is 0 Å². The number of nitrogens with one attached hydrogen (secondary N) is 1. The van der Waals surface area contributed by atoms with Gasteiger partial charge in [-0.1, -0.05) is 22.8 Å². The van der Waals surface area contributed by atoms with Crippen LogP contribution < -0.4 is 15.0 Å². The molecule has 0 saturated heterocycles. The van der Waals surface area contributed by atoms with E-state index >= 15 is 0 Å². The van der Waals surface area contributed by atoms with Gasteiger partial charge in [0, 0.05) is 41.7 Å². The number of rotatable bonds is 12. The number of urea groups is 1. The van der Waals surface area contributed by atoms with Gasteiger partial charge in [-0.2, -0.15) is 9.97 Å². The number of anilines is 2. The van der Waals surface area contributed by atoms with Crippen molar-refractivity contribution in [1.29, 1.82) is 0 Å². The molecule has 1 N–H and O–H groups in total. The van der Waals surface area contributed by atoms with Crippen LogP contribution in [0.1, 0.15) is 74.3 Å². The first-order chi connectivity index (χ1) is 19.2. The number of carbonyl (C=O) groups excluding carboxylic acids is 1. The smallest absolute Gasteiger partial charge is 0.326 e. The first-order valence-corrected chi connectivity index (χ1v) is 13.7. The molecule has 39 heavy (non-hydrogen) atoms. The van der Waals surface area contributed by atoms with Crippen LogP contribution in [0.4, 0.5) is 16.2 Å². The molecule has 2 amide bonds. The highest BCUT2D eigenvalue weighted by Gasteiger charge is 2.29. The minimum absolute atomic E-state index is 0.215. The summed E-state index contributed by atoms with van der Waals surface area (Å²) in [6.07, 6.45) is 7.91. The molecule has 6 rings (SSSR count). The average molecular weight is 529 g/mol. The lowest BCUT2D eigenvalue weighted by molar-refractivity contribution is 0.256. The summed E-state index contributed by atoms with van der Waals surface area (Å²) in [5.74, 6) is 4.40. The summed E-state index contributed by atoms with van der Waals surface area (Å²) in [7, 11) is 1.61. The second-order valence-electron chi connectivity index (χ2n) is 10.2. The van der Waals surface area contributed by atoms with Crippen molar-refractivity contribution < 1.29 is 18.6 Å². The topological polar surface area (TPSA) is 119 Å². The summed E-state index contributed by atoms with van der Waals surface area (Å²) in [4.78, 5) is 24.3. The third-order valence-corrected chi connectivity index (χ3v) is 7.07. The van der Waals surface area contributed by atoms with Crippen molar-refractivity contribution in [3.8, 4) is 17.2 Å². The molecule has 202 valence electrons. The Morgan fingerprint density at radius 2 is 1.69 bits per heavy atom. The summed E-state index contributed by atoms with van der Waals surface area (Å²) >= 11 is 0. The van der Waals surface area contributed by atoms with Crippen LogP contribution in [0.15, 0.2) is 57.6 Å². The molecule has 0 aliphatic heterocycles. The fraction of sp³-hybridized carbons (Fsp3) is 0.414. The number of benzene rings is 2. The lowest BCUT2D eigenvalue weighted by Crippen LogP contribution is -2.35. The van der Waals surface area contributed by atoms with E-state index in [1.54, 1.807) is 12.0 Å². The zero-order valence-corrected chi connectivity index (χ0v) is 22.0. The van der Waals surface area contributed by atoms with E-state index in [4.69, 9.17) is 13.8 Å². The van der Waals surface area contributed by atoms with E-state index in [2.05, 4.69) is 25.6 Å². The van der Waals surface area contributed by atoms with Crippen molar-refractivity contribution in [3.05, 3.63) is 66.1 Å². The van der Waals surface area contributed by atoms with Gasteiger partial charge in [0.25, 0.3) is 5.89 Å². The number of amides is 2. The Kier molecular flexibility index (Phi) is 7.25. The van der Waals surface area contributed by atoms with Crippen LogP contribution in [-0.4, -0.2) is 40.0 Å². The maximum absolute atomic E-state index is 13.5. The molecular weight excluding hydrogens is 496 g/mol. The number of unbranched alkanes of at least 4 members (excludes halogenated alkanes) is 2. The number of ether oxygens (including phenoxy) is 1.